The molecule has 0 aromatic rings. The molecule has 0 heterocycles. The van der Waals surface area contributed by atoms with Gasteiger partial charge in [-0.15, -0.1) is 0 Å². The Hall–Kier alpha value is -1.33. The van der Waals surface area contributed by atoms with E-state index < -0.39 is 12.1 Å². The van der Waals surface area contributed by atoms with Crippen molar-refractivity contribution in [3.05, 3.63) is 0 Å². The van der Waals surface area contributed by atoms with Gasteiger partial charge in [-0.1, -0.05) is 38.5 Å². The number of nitrogens with two attached hydrogens (primary N) is 1. The Morgan fingerprint density at radius 3 is 1.79 bits per heavy atom. The van der Waals surface area contributed by atoms with Gasteiger partial charge in [0.2, 0.25) is 0 Å². The topological polar surface area (TPSA) is 83.6 Å². The van der Waals surface area contributed by atoms with E-state index in [0.717, 1.165) is 69.2 Å². The van der Waals surface area contributed by atoms with E-state index in [9.17, 15) is 14.0 Å². The number of carboxylic acid groups (broad SMARTS) is 1. The smallest absolute Gasteiger partial charge is 0.338 e. The van der Waals surface area contributed by atoms with Crippen LogP contribution in [0.3, 0.4) is 0 Å². The average Bonchev–Trinajstić information content (AvgIpc) is 2.64. The highest BCUT2D eigenvalue weighted by molar-refractivity contribution is 5.73. The Balaban J connectivity index is 1.28. The Labute approximate surface area is 174 Å². The second kappa shape index (κ2) is 10.1. The van der Waals surface area contributed by atoms with Crippen LogP contribution in [0.2, 0.25) is 0 Å². The standard InChI is InChI=1S/C23H39FN2O3/c24-20(21(27)28)9-7-5-3-1-2-4-6-8-10-26(22(25)29)23-14-17-11-18(15-23)13-19(12-17)16-23/h17-20H,1-16H2,(H2,25,29)(H,27,28). The van der Waals surface area contributed by atoms with Crippen molar-refractivity contribution in [2.75, 3.05) is 6.54 Å². The van der Waals surface area contributed by atoms with E-state index in [0.29, 0.717) is 6.42 Å². The van der Waals surface area contributed by atoms with Crippen molar-refractivity contribution in [2.24, 2.45) is 23.5 Å². The number of carboxylic acids is 1. The molecule has 4 saturated carbocycles. The number of amides is 2. The van der Waals surface area contributed by atoms with Crippen molar-refractivity contribution in [3.8, 4) is 0 Å². The van der Waals surface area contributed by atoms with Crippen LogP contribution >= 0.6 is 0 Å². The molecule has 1 unspecified atom stereocenters. The molecule has 2 amide bonds. The van der Waals surface area contributed by atoms with E-state index in [1.165, 1.54) is 38.5 Å². The summed E-state index contributed by atoms with van der Waals surface area (Å²) in [6.07, 6.45) is 14.1. The van der Waals surface area contributed by atoms with E-state index >= 15 is 0 Å². The lowest BCUT2D eigenvalue weighted by Gasteiger charge is -2.60. The van der Waals surface area contributed by atoms with Gasteiger partial charge >= 0.3 is 12.0 Å². The molecule has 3 N–H and O–H groups in total. The van der Waals surface area contributed by atoms with Gasteiger partial charge in [0, 0.05) is 12.1 Å². The largest absolute Gasteiger partial charge is 0.479 e. The number of halogens is 1. The van der Waals surface area contributed by atoms with Crippen LogP contribution in [0.4, 0.5) is 9.18 Å². The van der Waals surface area contributed by atoms with Crippen molar-refractivity contribution >= 4 is 12.0 Å². The number of carbonyl (C=O) groups is 2. The SMILES string of the molecule is NC(=O)N(CCCCCCCCCCC(F)C(=O)O)C12CC3CC(CC(C3)C1)C2. The zero-order chi connectivity index (χ0) is 20.9. The van der Waals surface area contributed by atoms with Crippen LogP contribution in [0.25, 0.3) is 0 Å². The molecular formula is C23H39FN2O3. The quantitative estimate of drug-likeness (QED) is 0.406. The zero-order valence-electron chi connectivity index (χ0n) is 17.8. The maximum Gasteiger partial charge on any atom is 0.338 e. The predicted octanol–water partition coefficient (Wildman–Crippen LogP) is 5.27. The summed E-state index contributed by atoms with van der Waals surface area (Å²) in [6.45, 7) is 0.800. The number of hydrogen-bond acceptors (Lipinski definition) is 2. The monoisotopic (exact) mass is 410 g/mol. The first-order valence-electron chi connectivity index (χ1n) is 11.8. The van der Waals surface area contributed by atoms with E-state index in [-0.39, 0.29) is 18.0 Å². The number of aliphatic carboxylic acids is 1. The fourth-order valence-corrected chi connectivity index (χ4v) is 6.75. The van der Waals surface area contributed by atoms with Crippen LogP contribution < -0.4 is 5.73 Å². The van der Waals surface area contributed by atoms with Crippen molar-refractivity contribution in [3.63, 3.8) is 0 Å². The maximum absolute atomic E-state index is 13.0. The first-order chi connectivity index (χ1) is 13.9. The third-order valence-electron chi connectivity index (χ3n) is 7.70. The molecule has 1 atom stereocenters. The molecule has 0 spiro atoms. The second-order valence-corrected chi connectivity index (χ2v) is 10.1. The van der Waals surface area contributed by atoms with Gasteiger partial charge in [-0.25, -0.2) is 14.0 Å². The molecule has 4 fully saturated rings. The summed E-state index contributed by atoms with van der Waals surface area (Å²) < 4.78 is 13.0. The number of carbonyl (C=O) groups excluding carboxylic acids is 1. The van der Waals surface area contributed by atoms with Crippen LogP contribution in [0.15, 0.2) is 0 Å². The molecule has 166 valence electrons. The number of primary amides is 1. The van der Waals surface area contributed by atoms with E-state index in [1.807, 2.05) is 4.90 Å². The van der Waals surface area contributed by atoms with Gasteiger partial charge in [-0.3, -0.25) is 0 Å². The number of hydrogen-bond donors (Lipinski definition) is 2. The number of rotatable bonds is 13. The molecule has 0 aromatic carbocycles. The normalized spacial score (nSPS) is 31.0. The van der Waals surface area contributed by atoms with E-state index in [4.69, 9.17) is 10.8 Å². The Bertz CT molecular complexity index is 533. The van der Waals surface area contributed by atoms with Crippen molar-refractivity contribution in [1.29, 1.82) is 0 Å². The summed E-state index contributed by atoms with van der Waals surface area (Å²) in [5, 5.41) is 8.52. The summed E-state index contributed by atoms with van der Waals surface area (Å²) in [6, 6.07) is -0.223. The van der Waals surface area contributed by atoms with Crippen molar-refractivity contribution in [1.82, 2.24) is 4.90 Å². The Morgan fingerprint density at radius 2 is 1.34 bits per heavy atom. The highest BCUT2D eigenvalue weighted by Crippen LogP contribution is 2.57. The van der Waals surface area contributed by atoms with Crippen LogP contribution in [0, 0.1) is 17.8 Å². The van der Waals surface area contributed by atoms with E-state index in [1.54, 1.807) is 0 Å². The summed E-state index contributed by atoms with van der Waals surface area (Å²) in [5.41, 5.74) is 5.89. The van der Waals surface area contributed by atoms with Gasteiger partial charge in [0.05, 0.1) is 0 Å². The Kier molecular flexibility index (Phi) is 7.80. The lowest BCUT2D eigenvalue weighted by molar-refractivity contribution is -0.143. The highest BCUT2D eigenvalue weighted by atomic mass is 19.1. The fraction of sp³-hybridized carbons (Fsp3) is 0.913. The van der Waals surface area contributed by atoms with Crippen molar-refractivity contribution < 1.29 is 19.1 Å². The minimum atomic E-state index is -1.71. The van der Waals surface area contributed by atoms with Crippen LogP contribution in [0.1, 0.15) is 96.3 Å². The summed E-state index contributed by atoms with van der Waals surface area (Å²) in [5.74, 6) is 1.09. The van der Waals surface area contributed by atoms with Gasteiger partial charge in [-0.05, 0) is 75.5 Å². The average molecular weight is 411 g/mol. The second-order valence-electron chi connectivity index (χ2n) is 10.1. The molecule has 0 saturated heterocycles. The minimum Gasteiger partial charge on any atom is -0.479 e. The molecule has 6 heteroatoms. The summed E-state index contributed by atoms with van der Waals surface area (Å²) >= 11 is 0. The molecule has 4 rings (SSSR count). The molecule has 4 aliphatic carbocycles. The molecular weight excluding hydrogens is 371 g/mol. The van der Waals surface area contributed by atoms with Crippen molar-refractivity contribution in [2.45, 2.75) is 108 Å². The molecule has 5 nitrogen and oxygen atoms in total. The van der Waals surface area contributed by atoms with E-state index in [2.05, 4.69) is 0 Å². The van der Waals surface area contributed by atoms with Gasteiger partial charge in [0.15, 0.2) is 6.17 Å². The first-order valence-corrected chi connectivity index (χ1v) is 11.8. The molecule has 4 bridgehead atoms. The highest BCUT2D eigenvalue weighted by Gasteiger charge is 2.54. The molecule has 0 radical (unpaired) electrons. The molecule has 0 aromatic heterocycles. The minimum absolute atomic E-state index is 0.0603. The van der Waals surface area contributed by atoms with Gasteiger partial charge in [0.25, 0.3) is 0 Å². The first kappa shape index (κ1) is 22.4. The number of nitrogens with zero attached hydrogens (tertiary/aromatic N) is 1. The van der Waals surface area contributed by atoms with Gasteiger partial charge in [0.1, 0.15) is 0 Å². The number of urea groups is 1. The third kappa shape index (κ3) is 5.85. The fourth-order valence-electron chi connectivity index (χ4n) is 6.75. The lowest BCUT2D eigenvalue weighted by Crippen LogP contribution is -2.62. The van der Waals surface area contributed by atoms with Gasteiger partial charge < -0.3 is 15.7 Å². The van der Waals surface area contributed by atoms with Crippen LogP contribution in [-0.4, -0.2) is 40.3 Å². The number of alkyl halides is 1. The van der Waals surface area contributed by atoms with Crippen LogP contribution in [0.5, 0.6) is 0 Å². The predicted molar refractivity (Wildman–Crippen MR) is 111 cm³/mol. The molecule has 4 aliphatic rings. The maximum atomic E-state index is 13.0. The van der Waals surface area contributed by atoms with Gasteiger partial charge in [-0.2, -0.15) is 0 Å². The third-order valence-corrected chi connectivity index (χ3v) is 7.70. The summed E-state index contributed by atoms with van der Waals surface area (Å²) in [7, 11) is 0. The van der Waals surface area contributed by atoms with Crippen LogP contribution in [-0.2, 0) is 4.79 Å². The Morgan fingerprint density at radius 1 is 0.897 bits per heavy atom. The molecule has 0 aliphatic heterocycles. The lowest BCUT2D eigenvalue weighted by atomic mass is 9.52. The zero-order valence-corrected chi connectivity index (χ0v) is 17.8. The summed E-state index contributed by atoms with van der Waals surface area (Å²) in [4.78, 5) is 24.7. The molecule has 29 heavy (non-hydrogen) atoms. The number of unbranched alkanes of at least 4 members (excludes halogenated alkanes) is 7.